The van der Waals surface area contributed by atoms with E-state index in [4.69, 9.17) is 4.74 Å². The predicted molar refractivity (Wildman–Crippen MR) is 109 cm³/mol. The van der Waals surface area contributed by atoms with Gasteiger partial charge in [-0.2, -0.15) is 9.78 Å². The highest BCUT2D eigenvalue weighted by Crippen LogP contribution is 2.15. The third-order valence-corrected chi connectivity index (χ3v) is 4.12. The Kier molecular flexibility index (Phi) is 6.19. The number of anilines is 1. The number of para-hydroxylation sites is 1. The van der Waals surface area contributed by atoms with Crippen LogP contribution in [0.5, 0.6) is 0 Å². The van der Waals surface area contributed by atoms with Crippen LogP contribution in [0.15, 0.2) is 65.5 Å². The number of nitrogens with one attached hydrogen (secondary N) is 1. The number of esters is 1. The third-order valence-electron chi connectivity index (χ3n) is 4.12. The lowest BCUT2D eigenvalue weighted by molar-refractivity contribution is -0.115. The highest BCUT2D eigenvalue weighted by molar-refractivity contribution is 6.00. The van der Waals surface area contributed by atoms with Gasteiger partial charge < -0.3 is 10.1 Å². The van der Waals surface area contributed by atoms with Crippen molar-refractivity contribution in [3.8, 4) is 5.69 Å². The summed E-state index contributed by atoms with van der Waals surface area (Å²) in [7, 11) is 0. The second kappa shape index (κ2) is 8.97. The zero-order valence-electron chi connectivity index (χ0n) is 16.2. The fourth-order valence-electron chi connectivity index (χ4n) is 2.86. The summed E-state index contributed by atoms with van der Waals surface area (Å²) < 4.78 is 6.15. The SMILES string of the molecule is CCOC(=O)c1nn(-c2ccccc2)c(=O)cc1NC(=O)Cc1cccc(C)c1. The Morgan fingerprint density at radius 1 is 1.07 bits per heavy atom. The molecule has 0 saturated heterocycles. The topological polar surface area (TPSA) is 90.3 Å². The van der Waals surface area contributed by atoms with Gasteiger partial charge in [-0.15, -0.1) is 0 Å². The molecule has 7 heteroatoms. The molecule has 2 aromatic carbocycles. The third kappa shape index (κ3) is 4.95. The molecule has 3 rings (SSSR count). The average molecular weight is 391 g/mol. The number of hydrogen-bond acceptors (Lipinski definition) is 5. The van der Waals surface area contributed by atoms with Crippen LogP contribution in [0.4, 0.5) is 5.69 Å². The van der Waals surface area contributed by atoms with Crippen LogP contribution in [0, 0.1) is 6.92 Å². The summed E-state index contributed by atoms with van der Waals surface area (Å²) in [5.41, 5.74) is 1.78. The van der Waals surface area contributed by atoms with Gasteiger partial charge >= 0.3 is 5.97 Å². The zero-order valence-corrected chi connectivity index (χ0v) is 16.2. The molecule has 1 amide bonds. The molecule has 7 nitrogen and oxygen atoms in total. The Hall–Kier alpha value is -3.74. The van der Waals surface area contributed by atoms with E-state index < -0.39 is 11.5 Å². The molecular weight excluding hydrogens is 370 g/mol. The minimum absolute atomic E-state index is 0.0262. The van der Waals surface area contributed by atoms with Crippen LogP contribution < -0.4 is 10.9 Å². The van der Waals surface area contributed by atoms with Crippen LogP contribution in [0.1, 0.15) is 28.5 Å². The Morgan fingerprint density at radius 3 is 2.52 bits per heavy atom. The van der Waals surface area contributed by atoms with Gasteiger partial charge in [-0.1, -0.05) is 48.0 Å². The molecule has 1 aromatic heterocycles. The van der Waals surface area contributed by atoms with E-state index in [0.29, 0.717) is 5.69 Å². The first kappa shape index (κ1) is 20.0. The number of hydrogen-bond donors (Lipinski definition) is 1. The zero-order chi connectivity index (χ0) is 20.8. The van der Waals surface area contributed by atoms with Crippen LogP contribution in [-0.2, 0) is 16.0 Å². The normalized spacial score (nSPS) is 10.4. The molecule has 1 N–H and O–H groups in total. The molecule has 0 unspecified atom stereocenters. The highest BCUT2D eigenvalue weighted by atomic mass is 16.5. The number of carbonyl (C=O) groups is 2. The van der Waals surface area contributed by atoms with Crippen molar-refractivity contribution in [3.05, 3.63) is 87.8 Å². The smallest absolute Gasteiger partial charge is 0.360 e. The van der Waals surface area contributed by atoms with Crippen molar-refractivity contribution in [2.45, 2.75) is 20.3 Å². The lowest BCUT2D eigenvalue weighted by Crippen LogP contribution is -2.27. The molecule has 1 heterocycles. The Labute approximate surface area is 168 Å². The first-order valence-electron chi connectivity index (χ1n) is 9.20. The molecule has 0 fully saturated rings. The van der Waals surface area contributed by atoms with Gasteiger partial charge in [0, 0.05) is 6.07 Å². The Balaban J connectivity index is 1.94. The van der Waals surface area contributed by atoms with Gasteiger partial charge in [-0.3, -0.25) is 9.59 Å². The maximum absolute atomic E-state index is 12.6. The van der Waals surface area contributed by atoms with Gasteiger partial charge in [0.25, 0.3) is 5.56 Å². The van der Waals surface area contributed by atoms with Crippen LogP contribution in [0.3, 0.4) is 0 Å². The van der Waals surface area contributed by atoms with E-state index in [9.17, 15) is 14.4 Å². The molecule has 0 bridgehead atoms. The molecule has 0 aliphatic carbocycles. The monoisotopic (exact) mass is 391 g/mol. The molecule has 0 aliphatic rings. The van der Waals surface area contributed by atoms with E-state index in [0.717, 1.165) is 15.8 Å². The first-order chi connectivity index (χ1) is 14.0. The van der Waals surface area contributed by atoms with Crippen molar-refractivity contribution in [1.29, 1.82) is 0 Å². The second-order valence-corrected chi connectivity index (χ2v) is 6.43. The van der Waals surface area contributed by atoms with Crippen LogP contribution >= 0.6 is 0 Å². The summed E-state index contributed by atoms with van der Waals surface area (Å²) in [5.74, 6) is -1.08. The summed E-state index contributed by atoms with van der Waals surface area (Å²) >= 11 is 0. The van der Waals surface area contributed by atoms with Crippen LogP contribution in [0.25, 0.3) is 5.69 Å². The number of amides is 1. The van der Waals surface area contributed by atoms with E-state index in [1.807, 2.05) is 31.2 Å². The van der Waals surface area contributed by atoms with Crippen molar-refractivity contribution in [1.82, 2.24) is 9.78 Å². The van der Waals surface area contributed by atoms with E-state index in [-0.39, 0.29) is 30.3 Å². The highest BCUT2D eigenvalue weighted by Gasteiger charge is 2.20. The lowest BCUT2D eigenvalue weighted by atomic mass is 10.1. The standard InChI is InChI=1S/C22H21N3O4/c1-3-29-22(28)21-18(23-19(26)13-16-9-7-8-15(2)12-16)14-20(27)25(24-21)17-10-5-4-6-11-17/h4-12,14H,3,13H2,1-2H3,(H,23,26). The number of ether oxygens (including phenoxy) is 1. The van der Waals surface area contributed by atoms with E-state index >= 15 is 0 Å². The van der Waals surface area contributed by atoms with Crippen molar-refractivity contribution in [2.24, 2.45) is 0 Å². The lowest BCUT2D eigenvalue weighted by Gasteiger charge is -2.12. The van der Waals surface area contributed by atoms with Gasteiger partial charge in [0.1, 0.15) is 0 Å². The van der Waals surface area contributed by atoms with Crippen molar-refractivity contribution < 1.29 is 14.3 Å². The van der Waals surface area contributed by atoms with Gasteiger partial charge in [0.2, 0.25) is 5.91 Å². The molecule has 0 radical (unpaired) electrons. The molecule has 0 aliphatic heterocycles. The average Bonchev–Trinajstić information content (AvgIpc) is 2.69. The van der Waals surface area contributed by atoms with Crippen molar-refractivity contribution >= 4 is 17.6 Å². The van der Waals surface area contributed by atoms with Gasteiger partial charge in [0.05, 0.1) is 24.4 Å². The van der Waals surface area contributed by atoms with E-state index in [1.54, 1.807) is 37.3 Å². The Bertz CT molecular complexity index is 1090. The van der Waals surface area contributed by atoms with Gasteiger partial charge in [0.15, 0.2) is 5.69 Å². The number of aryl methyl sites for hydroxylation is 1. The van der Waals surface area contributed by atoms with Crippen molar-refractivity contribution in [2.75, 3.05) is 11.9 Å². The summed E-state index contributed by atoms with van der Waals surface area (Å²) in [4.78, 5) is 37.4. The minimum Gasteiger partial charge on any atom is -0.461 e. The minimum atomic E-state index is -0.719. The Morgan fingerprint density at radius 2 is 1.83 bits per heavy atom. The second-order valence-electron chi connectivity index (χ2n) is 6.43. The number of aromatic nitrogens is 2. The van der Waals surface area contributed by atoms with E-state index in [2.05, 4.69) is 10.4 Å². The maximum Gasteiger partial charge on any atom is 0.360 e. The van der Waals surface area contributed by atoms with Crippen molar-refractivity contribution in [3.63, 3.8) is 0 Å². The number of nitrogens with zero attached hydrogens (tertiary/aromatic N) is 2. The fourth-order valence-corrected chi connectivity index (χ4v) is 2.86. The first-order valence-corrected chi connectivity index (χ1v) is 9.20. The number of carbonyl (C=O) groups excluding carboxylic acids is 2. The molecular formula is C22H21N3O4. The summed E-state index contributed by atoms with van der Waals surface area (Å²) in [6, 6.07) is 17.4. The number of rotatable bonds is 6. The molecule has 0 saturated carbocycles. The maximum atomic E-state index is 12.6. The summed E-state index contributed by atoms with van der Waals surface area (Å²) in [5, 5.41) is 6.77. The number of benzene rings is 2. The summed E-state index contributed by atoms with van der Waals surface area (Å²) in [6.07, 6.45) is 0.103. The molecule has 29 heavy (non-hydrogen) atoms. The molecule has 3 aromatic rings. The van der Waals surface area contributed by atoms with Gasteiger partial charge in [-0.05, 0) is 31.5 Å². The largest absolute Gasteiger partial charge is 0.461 e. The molecule has 0 spiro atoms. The quantitative estimate of drug-likeness (QED) is 0.653. The summed E-state index contributed by atoms with van der Waals surface area (Å²) in [6.45, 7) is 3.75. The molecule has 0 atom stereocenters. The van der Waals surface area contributed by atoms with E-state index in [1.165, 1.54) is 6.07 Å². The molecule has 148 valence electrons. The predicted octanol–water partition coefficient (Wildman–Crippen LogP) is 2.90. The van der Waals surface area contributed by atoms with Crippen LogP contribution in [0.2, 0.25) is 0 Å². The fraction of sp³-hybridized carbons (Fsp3) is 0.182. The van der Waals surface area contributed by atoms with Crippen LogP contribution in [-0.4, -0.2) is 28.3 Å². The van der Waals surface area contributed by atoms with Gasteiger partial charge in [-0.25, -0.2) is 4.79 Å².